The fourth-order valence-electron chi connectivity index (χ4n) is 8.21. The zero-order chi connectivity index (χ0) is 38.4. The number of nitrogens with one attached hydrogen (secondary N) is 2. The minimum atomic E-state index is -0.0151. The van der Waals surface area contributed by atoms with Crippen molar-refractivity contribution >= 4 is 33.8 Å². The van der Waals surface area contributed by atoms with Crippen LogP contribution in [0.2, 0.25) is 0 Å². The van der Waals surface area contributed by atoms with E-state index in [9.17, 15) is 0 Å². The van der Waals surface area contributed by atoms with Crippen molar-refractivity contribution in [1.29, 1.82) is 0 Å². The van der Waals surface area contributed by atoms with Gasteiger partial charge in [0.05, 0.1) is 18.8 Å². The molecule has 6 heterocycles. The first-order valence-corrected chi connectivity index (χ1v) is 19.3. The van der Waals surface area contributed by atoms with E-state index in [0.717, 1.165) is 91.5 Å². The van der Waals surface area contributed by atoms with Gasteiger partial charge in [-0.05, 0) is 72.7 Å². The van der Waals surface area contributed by atoms with E-state index in [0.29, 0.717) is 25.3 Å². The van der Waals surface area contributed by atoms with E-state index in [1.165, 1.54) is 16.7 Å². The van der Waals surface area contributed by atoms with Crippen LogP contribution in [0.5, 0.6) is 11.5 Å². The maximum atomic E-state index is 6.32. The monoisotopic (exact) mass is 751 g/mol. The summed E-state index contributed by atoms with van der Waals surface area (Å²) in [5.41, 5.74) is 18.7. The number of aromatic amines is 2. The first kappa shape index (κ1) is 36.9. The summed E-state index contributed by atoms with van der Waals surface area (Å²) in [5, 5.41) is 1.07. The van der Waals surface area contributed by atoms with Gasteiger partial charge in [0.2, 0.25) is 0 Å². The van der Waals surface area contributed by atoms with Gasteiger partial charge in [-0.15, -0.1) is 0 Å². The Bertz CT molecular complexity index is 2310. The van der Waals surface area contributed by atoms with Gasteiger partial charge in [0, 0.05) is 56.3 Å². The summed E-state index contributed by atoms with van der Waals surface area (Å²) in [5.74, 6) is 3.67. The first-order valence-electron chi connectivity index (χ1n) is 19.3. The van der Waals surface area contributed by atoms with Crippen molar-refractivity contribution in [3.8, 4) is 11.5 Å². The smallest absolute Gasteiger partial charge is 0.182 e. The SMILES string of the molecule is COc1ccc(C2(CN)CCN(c3ncnc4nc[nH]c34)CC2)cc1.NCC1(c2ccc(OCc3ccccc3)cc2)CCN(c2ncnc3[nH]ccc23)CC1. The van der Waals surface area contributed by atoms with Crippen LogP contribution in [-0.2, 0) is 17.4 Å². The van der Waals surface area contributed by atoms with Crippen LogP contribution in [0.4, 0.5) is 11.6 Å². The van der Waals surface area contributed by atoms with Gasteiger partial charge in [0.15, 0.2) is 11.5 Å². The topological polar surface area (TPSA) is 173 Å². The Hall–Kier alpha value is -6.05. The molecule has 7 aromatic rings. The average Bonchev–Trinajstić information content (AvgIpc) is 3.97. The maximum Gasteiger partial charge on any atom is 0.182 e. The number of rotatable bonds is 10. The number of hydrogen-bond acceptors (Lipinski definition) is 11. The highest BCUT2D eigenvalue weighted by Gasteiger charge is 2.37. The van der Waals surface area contributed by atoms with Gasteiger partial charge in [0.1, 0.15) is 47.7 Å². The predicted octanol–water partition coefficient (Wildman–Crippen LogP) is 5.89. The van der Waals surface area contributed by atoms with Crippen LogP contribution in [0.25, 0.3) is 22.2 Å². The van der Waals surface area contributed by atoms with Crippen molar-refractivity contribution in [2.45, 2.75) is 43.1 Å². The minimum absolute atomic E-state index is 0.00288. The summed E-state index contributed by atoms with van der Waals surface area (Å²) in [7, 11) is 1.68. The van der Waals surface area contributed by atoms with E-state index >= 15 is 0 Å². The highest BCUT2D eigenvalue weighted by molar-refractivity contribution is 5.87. The third-order valence-electron chi connectivity index (χ3n) is 11.8. The number of hydrogen-bond donors (Lipinski definition) is 4. The molecular weight excluding hydrogens is 703 g/mol. The number of methoxy groups -OCH3 is 1. The van der Waals surface area contributed by atoms with E-state index in [-0.39, 0.29) is 10.8 Å². The van der Waals surface area contributed by atoms with E-state index in [1.807, 2.05) is 42.6 Å². The van der Waals surface area contributed by atoms with Crippen LogP contribution in [0.3, 0.4) is 0 Å². The number of imidazole rings is 1. The molecule has 13 heteroatoms. The summed E-state index contributed by atoms with van der Waals surface area (Å²) in [4.78, 5) is 32.7. The van der Waals surface area contributed by atoms with E-state index in [2.05, 4.69) is 93.2 Å². The number of aromatic nitrogens is 7. The number of piperidine rings is 2. The highest BCUT2D eigenvalue weighted by Crippen LogP contribution is 2.39. The number of anilines is 2. The Balaban J connectivity index is 0.000000161. The summed E-state index contributed by atoms with van der Waals surface area (Å²) in [6, 6.07) is 29.1. The van der Waals surface area contributed by atoms with Crippen LogP contribution in [0, 0.1) is 0 Å². The Morgan fingerprint density at radius 3 is 1.86 bits per heavy atom. The molecule has 6 N–H and O–H groups in total. The van der Waals surface area contributed by atoms with Gasteiger partial charge in [0.25, 0.3) is 0 Å². The molecule has 3 aromatic carbocycles. The lowest BCUT2D eigenvalue weighted by Crippen LogP contribution is -2.47. The zero-order valence-electron chi connectivity index (χ0n) is 31.8. The van der Waals surface area contributed by atoms with Crippen LogP contribution >= 0.6 is 0 Å². The van der Waals surface area contributed by atoms with Crippen LogP contribution < -0.4 is 30.7 Å². The molecule has 0 saturated carbocycles. The summed E-state index contributed by atoms with van der Waals surface area (Å²) in [6.45, 7) is 5.47. The molecule has 0 spiro atoms. The molecule has 0 atom stereocenters. The summed E-state index contributed by atoms with van der Waals surface area (Å²) < 4.78 is 11.2. The van der Waals surface area contributed by atoms with Gasteiger partial charge in [-0.3, -0.25) is 0 Å². The second-order valence-electron chi connectivity index (χ2n) is 14.7. The molecule has 0 bridgehead atoms. The molecule has 2 aliphatic heterocycles. The van der Waals surface area contributed by atoms with Crippen molar-refractivity contribution in [3.05, 3.63) is 127 Å². The van der Waals surface area contributed by atoms with Crippen molar-refractivity contribution in [3.63, 3.8) is 0 Å². The number of H-pyrrole nitrogens is 2. The van der Waals surface area contributed by atoms with Crippen LogP contribution in [-0.4, -0.2) is 81.3 Å². The Morgan fingerprint density at radius 1 is 0.643 bits per heavy atom. The lowest BCUT2D eigenvalue weighted by atomic mass is 9.73. The van der Waals surface area contributed by atoms with E-state index in [4.69, 9.17) is 20.9 Å². The number of benzene rings is 3. The molecule has 56 heavy (non-hydrogen) atoms. The molecule has 0 amide bonds. The van der Waals surface area contributed by atoms with Crippen molar-refractivity contribution in [2.24, 2.45) is 11.5 Å². The Kier molecular flexibility index (Phi) is 10.8. The van der Waals surface area contributed by atoms with E-state index < -0.39 is 0 Å². The molecule has 0 unspecified atom stereocenters. The standard InChI is InChI=1S/C25H27N5O.C18H22N6O/c26-17-25(20-6-8-21(9-7-20)31-16-19-4-2-1-3-5-19)11-14-30(15-12-25)24-22-10-13-27-23(22)28-18-29-24;1-25-14-4-2-13(3-5-14)18(10-19)6-8-24(9-7-18)17-15-16(21-11-20-15)22-12-23-17/h1-10,13,18H,11-12,14-17,26H2,(H,27,28,29);2-5,11-12H,6-10,19H2,1H3,(H,20,21,22,23). The molecule has 0 radical (unpaired) electrons. The van der Waals surface area contributed by atoms with E-state index in [1.54, 1.807) is 26.1 Å². The third kappa shape index (κ3) is 7.47. The van der Waals surface area contributed by atoms with Crippen molar-refractivity contribution < 1.29 is 9.47 Å². The van der Waals surface area contributed by atoms with Gasteiger partial charge in [-0.1, -0.05) is 54.6 Å². The molecule has 9 rings (SSSR count). The van der Waals surface area contributed by atoms with Crippen molar-refractivity contribution in [1.82, 2.24) is 34.9 Å². The maximum absolute atomic E-state index is 6.32. The number of fused-ring (bicyclic) bond motifs is 2. The summed E-state index contributed by atoms with van der Waals surface area (Å²) in [6.07, 6.45) is 10.7. The number of ether oxygens (including phenoxy) is 2. The molecule has 13 nitrogen and oxygen atoms in total. The molecule has 2 fully saturated rings. The molecule has 2 saturated heterocycles. The van der Waals surface area contributed by atoms with Gasteiger partial charge in [-0.2, -0.15) is 0 Å². The quantitative estimate of drug-likeness (QED) is 0.131. The van der Waals surface area contributed by atoms with Crippen LogP contribution in [0.1, 0.15) is 42.4 Å². The van der Waals surface area contributed by atoms with Crippen molar-refractivity contribution in [2.75, 3.05) is 56.2 Å². The largest absolute Gasteiger partial charge is 0.497 e. The Morgan fingerprint density at radius 2 is 1.23 bits per heavy atom. The minimum Gasteiger partial charge on any atom is -0.497 e. The predicted molar refractivity (Wildman–Crippen MR) is 220 cm³/mol. The molecule has 288 valence electrons. The lowest BCUT2D eigenvalue weighted by Gasteiger charge is -2.42. The second-order valence-corrected chi connectivity index (χ2v) is 14.7. The van der Waals surface area contributed by atoms with Crippen LogP contribution in [0.15, 0.2) is 110 Å². The number of nitrogens with zero attached hydrogens (tertiary/aromatic N) is 7. The summed E-state index contributed by atoms with van der Waals surface area (Å²) >= 11 is 0. The fourth-order valence-corrected chi connectivity index (χ4v) is 8.21. The second kappa shape index (κ2) is 16.4. The molecular formula is C43H49N11O2. The lowest BCUT2D eigenvalue weighted by molar-refractivity contribution is 0.305. The average molecular weight is 752 g/mol. The highest BCUT2D eigenvalue weighted by atomic mass is 16.5. The molecule has 4 aromatic heterocycles. The van der Waals surface area contributed by atoms with Gasteiger partial charge >= 0.3 is 0 Å². The third-order valence-corrected chi connectivity index (χ3v) is 11.8. The van der Waals surface area contributed by atoms with Gasteiger partial charge < -0.3 is 40.7 Å². The first-order chi connectivity index (χ1) is 27.5. The Labute approximate surface area is 326 Å². The molecule has 2 aliphatic rings. The van der Waals surface area contributed by atoms with Gasteiger partial charge in [-0.25, -0.2) is 24.9 Å². The zero-order valence-corrected chi connectivity index (χ0v) is 31.8. The molecule has 0 aliphatic carbocycles. The normalized spacial score (nSPS) is 16.3. The number of nitrogens with two attached hydrogens (primary N) is 2. The fraction of sp³-hybridized carbons (Fsp3) is 0.326.